The van der Waals surface area contributed by atoms with Crippen LogP contribution in [0.4, 0.5) is 4.39 Å². The maximum Gasteiger partial charge on any atom is 0.230 e. The fourth-order valence-electron chi connectivity index (χ4n) is 4.49. The Labute approximate surface area is 199 Å². The van der Waals surface area contributed by atoms with Gasteiger partial charge < -0.3 is 9.88 Å². The van der Waals surface area contributed by atoms with Crippen LogP contribution in [0, 0.1) is 17.7 Å². The number of halogens is 1. The second-order valence-electron chi connectivity index (χ2n) is 8.90. The summed E-state index contributed by atoms with van der Waals surface area (Å²) in [6, 6.07) is 17.0. The van der Waals surface area contributed by atoms with Crippen LogP contribution in [-0.2, 0) is 17.8 Å². The first kappa shape index (κ1) is 23.5. The first-order chi connectivity index (χ1) is 16.0. The van der Waals surface area contributed by atoms with E-state index < -0.39 is 0 Å². The van der Waals surface area contributed by atoms with Gasteiger partial charge in [0.05, 0.1) is 11.3 Å². The van der Waals surface area contributed by atoms with Gasteiger partial charge >= 0.3 is 0 Å². The van der Waals surface area contributed by atoms with E-state index in [9.17, 15) is 9.18 Å². The average molecular weight is 467 g/mol. The monoisotopic (exact) mass is 466 g/mol. The van der Waals surface area contributed by atoms with Gasteiger partial charge in [-0.05, 0) is 42.4 Å². The molecular weight excluding hydrogens is 435 g/mol. The van der Waals surface area contributed by atoms with E-state index in [-0.39, 0.29) is 23.5 Å². The van der Waals surface area contributed by atoms with Crippen LogP contribution in [0.3, 0.4) is 0 Å². The minimum Gasteiger partial charge on any atom is -0.352 e. The van der Waals surface area contributed by atoms with Crippen molar-refractivity contribution in [3.8, 4) is 11.4 Å². The molecule has 0 radical (unpaired) electrons. The zero-order valence-corrected chi connectivity index (χ0v) is 20.0. The van der Waals surface area contributed by atoms with Gasteiger partial charge in [0.25, 0.3) is 0 Å². The summed E-state index contributed by atoms with van der Waals surface area (Å²) in [4.78, 5) is 12.7. The van der Waals surface area contributed by atoms with E-state index in [0.29, 0.717) is 34.9 Å². The molecule has 1 N–H and O–H groups in total. The third-order valence-corrected chi connectivity index (χ3v) is 7.65. The van der Waals surface area contributed by atoms with Crippen molar-refractivity contribution in [3.63, 3.8) is 0 Å². The largest absolute Gasteiger partial charge is 0.352 e. The number of hydrogen-bond donors (Lipinski definition) is 1. The first-order valence-corrected chi connectivity index (χ1v) is 12.7. The molecule has 1 aliphatic carbocycles. The predicted molar refractivity (Wildman–Crippen MR) is 130 cm³/mol. The zero-order chi connectivity index (χ0) is 23.2. The topological polar surface area (TPSA) is 59.8 Å². The average Bonchev–Trinajstić information content (AvgIpc) is 3.23. The summed E-state index contributed by atoms with van der Waals surface area (Å²) in [6.07, 6.45) is 4.18. The second-order valence-corrected chi connectivity index (χ2v) is 9.85. The number of nitrogens with zero attached hydrogens (tertiary/aromatic N) is 3. The SMILES string of the molecule is C[C@H]1[C@@H](NC(=O)CSc2nnc(-c3ccccc3F)n2CCc2ccccc2)CCC[C@@H]1C. The van der Waals surface area contributed by atoms with Crippen molar-refractivity contribution in [3.05, 3.63) is 66.0 Å². The summed E-state index contributed by atoms with van der Waals surface area (Å²) >= 11 is 1.36. The van der Waals surface area contributed by atoms with Crippen molar-refractivity contribution in [1.82, 2.24) is 20.1 Å². The number of benzene rings is 2. The lowest BCUT2D eigenvalue weighted by molar-refractivity contribution is -0.120. The van der Waals surface area contributed by atoms with Gasteiger partial charge in [0.15, 0.2) is 11.0 Å². The van der Waals surface area contributed by atoms with Gasteiger partial charge in [0, 0.05) is 12.6 Å². The molecule has 4 rings (SSSR count). The van der Waals surface area contributed by atoms with Crippen molar-refractivity contribution < 1.29 is 9.18 Å². The van der Waals surface area contributed by atoms with Gasteiger partial charge in [-0.2, -0.15) is 0 Å². The molecule has 0 saturated heterocycles. The zero-order valence-electron chi connectivity index (χ0n) is 19.2. The van der Waals surface area contributed by atoms with E-state index in [1.54, 1.807) is 18.2 Å². The summed E-state index contributed by atoms with van der Waals surface area (Å²) in [7, 11) is 0. The van der Waals surface area contributed by atoms with Gasteiger partial charge in [-0.1, -0.05) is 80.9 Å². The smallest absolute Gasteiger partial charge is 0.230 e. The molecule has 1 saturated carbocycles. The van der Waals surface area contributed by atoms with E-state index in [2.05, 4.69) is 41.5 Å². The Bertz CT molecular complexity index is 1070. The molecule has 1 fully saturated rings. The highest BCUT2D eigenvalue weighted by Crippen LogP contribution is 2.30. The molecular formula is C26H31FN4OS. The molecule has 0 aliphatic heterocycles. The van der Waals surface area contributed by atoms with E-state index in [1.165, 1.54) is 29.8 Å². The minimum absolute atomic E-state index is 0.0102. The number of nitrogens with one attached hydrogen (secondary N) is 1. The number of amides is 1. The van der Waals surface area contributed by atoms with Crippen LogP contribution >= 0.6 is 11.8 Å². The highest BCUT2D eigenvalue weighted by Gasteiger charge is 2.28. The fourth-order valence-corrected chi connectivity index (χ4v) is 5.26. The maximum atomic E-state index is 14.5. The maximum absolute atomic E-state index is 14.5. The van der Waals surface area contributed by atoms with Crippen LogP contribution < -0.4 is 5.32 Å². The van der Waals surface area contributed by atoms with Crippen LogP contribution in [0.2, 0.25) is 0 Å². The van der Waals surface area contributed by atoms with Gasteiger partial charge in [-0.15, -0.1) is 10.2 Å². The molecule has 1 heterocycles. The highest BCUT2D eigenvalue weighted by atomic mass is 32.2. The number of rotatable bonds is 8. The summed E-state index contributed by atoms with van der Waals surface area (Å²) in [6.45, 7) is 5.09. The van der Waals surface area contributed by atoms with E-state index >= 15 is 0 Å². The van der Waals surface area contributed by atoms with Gasteiger partial charge in [-0.25, -0.2) is 4.39 Å². The number of carbonyl (C=O) groups excluding carboxylic acids is 1. The Morgan fingerprint density at radius 2 is 1.85 bits per heavy atom. The Morgan fingerprint density at radius 1 is 1.09 bits per heavy atom. The number of aromatic nitrogens is 3. The molecule has 33 heavy (non-hydrogen) atoms. The van der Waals surface area contributed by atoms with E-state index in [1.807, 2.05) is 22.8 Å². The molecule has 2 aromatic carbocycles. The molecule has 3 atom stereocenters. The van der Waals surface area contributed by atoms with Crippen molar-refractivity contribution in [2.24, 2.45) is 11.8 Å². The molecule has 1 aliphatic rings. The molecule has 1 aromatic heterocycles. The number of carbonyl (C=O) groups is 1. The lowest BCUT2D eigenvalue weighted by Gasteiger charge is -2.34. The number of thioether (sulfide) groups is 1. The van der Waals surface area contributed by atoms with Gasteiger partial charge in [0.2, 0.25) is 5.91 Å². The molecule has 7 heteroatoms. The van der Waals surface area contributed by atoms with Crippen molar-refractivity contribution >= 4 is 17.7 Å². The summed E-state index contributed by atoms with van der Waals surface area (Å²) in [5.74, 6) is 1.53. The molecule has 0 unspecified atom stereocenters. The van der Waals surface area contributed by atoms with E-state index in [0.717, 1.165) is 19.3 Å². The van der Waals surface area contributed by atoms with Crippen molar-refractivity contribution in [2.75, 3.05) is 5.75 Å². The molecule has 1 amide bonds. The van der Waals surface area contributed by atoms with Crippen LogP contribution in [0.15, 0.2) is 59.8 Å². The molecule has 5 nitrogen and oxygen atoms in total. The summed E-state index contributed by atoms with van der Waals surface area (Å²) in [5, 5.41) is 12.5. The van der Waals surface area contributed by atoms with Crippen molar-refractivity contribution in [2.45, 2.75) is 57.3 Å². The Hall–Kier alpha value is -2.67. The number of aryl methyl sites for hydroxylation is 1. The molecule has 3 aromatic rings. The number of hydrogen-bond acceptors (Lipinski definition) is 4. The van der Waals surface area contributed by atoms with Gasteiger partial charge in [-0.3, -0.25) is 4.79 Å². The standard InChI is InChI=1S/C26H31FN4OS/c1-18-9-8-14-23(19(18)2)28-24(32)17-33-26-30-29-25(21-12-6-7-13-22(21)27)31(26)16-15-20-10-4-3-5-11-20/h3-7,10-13,18-19,23H,8-9,14-17H2,1-2H3,(H,28,32)/t18-,19+,23-/m0/s1. The molecule has 174 valence electrons. The lowest BCUT2D eigenvalue weighted by Crippen LogP contribution is -2.44. The quantitative estimate of drug-likeness (QED) is 0.454. The molecule has 0 bridgehead atoms. The normalized spacial score (nSPS) is 20.5. The molecule has 0 spiro atoms. The minimum atomic E-state index is -0.333. The van der Waals surface area contributed by atoms with Crippen LogP contribution in [0.1, 0.15) is 38.7 Å². The Kier molecular flexibility index (Phi) is 7.81. The van der Waals surface area contributed by atoms with Crippen LogP contribution in [0.5, 0.6) is 0 Å². The van der Waals surface area contributed by atoms with Crippen LogP contribution in [-0.4, -0.2) is 32.5 Å². The first-order valence-electron chi connectivity index (χ1n) is 11.7. The predicted octanol–water partition coefficient (Wildman–Crippen LogP) is 5.36. The highest BCUT2D eigenvalue weighted by molar-refractivity contribution is 7.99. The Balaban J connectivity index is 1.48. The van der Waals surface area contributed by atoms with Crippen LogP contribution in [0.25, 0.3) is 11.4 Å². The fraction of sp³-hybridized carbons (Fsp3) is 0.423. The Morgan fingerprint density at radius 3 is 2.64 bits per heavy atom. The van der Waals surface area contributed by atoms with Gasteiger partial charge in [0.1, 0.15) is 5.82 Å². The lowest BCUT2D eigenvalue weighted by atomic mass is 9.78. The summed E-state index contributed by atoms with van der Waals surface area (Å²) < 4.78 is 16.4. The second kappa shape index (κ2) is 11.0. The third-order valence-electron chi connectivity index (χ3n) is 6.68. The third kappa shape index (κ3) is 5.82. The summed E-state index contributed by atoms with van der Waals surface area (Å²) in [5.41, 5.74) is 1.60. The van der Waals surface area contributed by atoms with E-state index in [4.69, 9.17) is 0 Å². The van der Waals surface area contributed by atoms with Crippen molar-refractivity contribution in [1.29, 1.82) is 0 Å².